The number of para-hydroxylation sites is 1. The summed E-state index contributed by atoms with van der Waals surface area (Å²) in [7, 11) is 0. The van der Waals surface area contributed by atoms with Crippen molar-refractivity contribution in [2.75, 3.05) is 0 Å². The zero-order valence-electron chi connectivity index (χ0n) is 14.7. The van der Waals surface area contributed by atoms with Gasteiger partial charge in [-0.3, -0.25) is 9.59 Å². The van der Waals surface area contributed by atoms with Crippen LogP contribution in [0.3, 0.4) is 0 Å². The molecule has 1 aromatic heterocycles. The summed E-state index contributed by atoms with van der Waals surface area (Å²) < 4.78 is 0. The molecule has 136 valence electrons. The van der Waals surface area contributed by atoms with Gasteiger partial charge in [0.25, 0.3) is 5.91 Å². The van der Waals surface area contributed by atoms with Gasteiger partial charge in [-0.2, -0.15) is 0 Å². The van der Waals surface area contributed by atoms with E-state index in [1.54, 1.807) is 6.20 Å². The summed E-state index contributed by atoms with van der Waals surface area (Å²) in [4.78, 5) is 28.1. The lowest BCUT2D eigenvalue weighted by Crippen LogP contribution is -2.30. The predicted octanol–water partition coefficient (Wildman–Crippen LogP) is 3.22. The van der Waals surface area contributed by atoms with Crippen molar-refractivity contribution in [3.05, 3.63) is 83.3 Å². The van der Waals surface area contributed by atoms with Crippen LogP contribution in [0, 0.1) is 0 Å². The van der Waals surface area contributed by atoms with Gasteiger partial charge in [0.15, 0.2) is 5.78 Å². The highest BCUT2D eigenvalue weighted by molar-refractivity contribution is 6.22. The Morgan fingerprint density at radius 3 is 2.59 bits per heavy atom. The molecule has 0 saturated heterocycles. The number of aromatic amines is 1. The number of Topliss-reactive ketones (excluding diaryl/α,β-unsaturated/α-hetero) is 1. The van der Waals surface area contributed by atoms with Crippen LogP contribution in [0.15, 0.2) is 72.1 Å². The Balaban J connectivity index is 1.50. The van der Waals surface area contributed by atoms with E-state index in [9.17, 15) is 14.7 Å². The maximum absolute atomic E-state index is 12.7. The second-order valence-electron chi connectivity index (χ2n) is 6.77. The van der Waals surface area contributed by atoms with E-state index in [1.807, 2.05) is 54.6 Å². The van der Waals surface area contributed by atoms with Gasteiger partial charge in [-0.15, -0.1) is 0 Å². The Hall–Kier alpha value is -3.34. The third kappa shape index (κ3) is 3.36. The van der Waals surface area contributed by atoms with Crippen LogP contribution in [0.25, 0.3) is 10.9 Å². The van der Waals surface area contributed by atoms with E-state index in [-0.39, 0.29) is 23.5 Å². The minimum atomic E-state index is -0.514. The Kier molecular flexibility index (Phi) is 4.50. The number of fused-ring (bicyclic) bond motifs is 1. The largest absolute Gasteiger partial charge is 0.509 e. The van der Waals surface area contributed by atoms with Crippen molar-refractivity contribution >= 4 is 22.6 Å². The first-order valence-corrected chi connectivity index (χ1v) is 8.99. The first kappa shape index (κ1) is 17.1. The van der Waals surface area contributed by atoms with Crippen LogP contribution in [-0.2, 0) is 22.4 Å². The summed E-state index contributed by atoms with van der Waals surface area (Å²) in [6, 6.07) is 17.0. The number of carbonyl (C=O) groups is 2. The van der Waals surface area contributed by atoms with Crippen LogP contribution >= 0.6 is 0 Å². The van der Waals surface area contributed by atoms with Gasteiger partial charge < -0.3 is 15.4 Å². The lowest BCUT2D eigenvalue weighted by molar-refractivity contribution is -0.121. The summed E-state index contributed by atoms with van der Waals surface area (Å²) in [6.07, 6.45) is 3.10. The zero-order valence-corrected chi connectivity index (χ0v) is 14.7. The van der Waals surface area contributed by atoms with Gasteiger partial charge in [0.2, 0.25) is 0 Å². The van der Waals surface area contributed by atoms with Crippen LogP contribution in [-0.4, -0.2) is 27.8 Å². The number of hydrogen-bond donors (Lipinski definition) is 3. The molecule has 5 heteroatoms. The SMILES string of the molecule is O=C(Cc1c[nH]c2ccccc12)C1=C(O)C(CCc2ccccc2)NC1=O. The van der Waals surface area contributed by atoms with E-state index in [0.717, 1.165) is 22.0 Å². The standard InChI is InChI=1S/C22H20N2O3/c25-19(12-15-13-23-17-9-5-4-8-16(15)17)20-21(26)18(24-22(20)27)11-10-14-6-2-1-3-7-14/h1-9,13,18,23,26H,10-12H2,(H,24,27). The minimum absolute atomic E-state index is 0.0717. The molecule has 4 rings (SSSR count). The number of H-pyrrole nitrogens is 1. The second-order valence-corrected chi connectivity index (χ2v) is 6.77. The average molecular weight is 360 g/mol. The molecule has 0 fully saturated rings. The lowest BCUT2D eigenvalue weighted by Gasteiger charge is -2.10. The van der Waals surface area contributed by atoms with Crippen molar-refractivity contribution in [2.45, 2.75) is 25.3 Å². The summed E-state index contributed by atoms with van der Waals surface area (Å²) in [5, 5.41) is 14.2. The Morgan fingerprint density at radius 2 is 1.78 bits per heavy atom. The molecular formula is C22H20N2O3. The molecule has 0 radical (unpaired) electrons. The molecule has 3 N–H and O–H groups in total. The molecule has 0 spiro atoms. The second kappa shape index (κ2) is 7.11. The van der Waals surface area contributed by atoms with E-state index in [1.165, 1.54) is 0 Å². The van der Waals surface area contributed by atoms with E-state index in [0.29, 0.717) is 12.8 Å². The molecule has 2 aromatic carbocycles. The van der Waals surface area contributed by atoms with Crippen molar-refractivity contribution in [1.82, 2.24) is 10.3 Å². The minimum Gasteiger partial charge on any atom is -0.509 e. The zero-order chi connectivity index (χ0) is 18.8. The average Bonchev–Trinajstić information content (AvgIpc) is 3.21. The lowest BCUT2D eigenvalue weighted by atomic mass is 10.00. The summed E-state index contributed by atoms with van der Waals surface area (Å²) in [6.45, 7) is 0. The van der Waals surface area contributed by atoms with Crippen molar-refractivity contribution in [3.8, 4) is 0 Å². The molecule has 1 aliphatic heterocycles. The van der Waals surface area contributed by atoms with E-state index < -0.39 is 11.9 Å². The number of ketones is 1. The molecule has 3 aromatic rings. The quantitative estimate of drug-likeness (QED) is 0.590. The third-order valence-electron chi connectivity index (χ3n) is 4.99. The highest BCUT2D eigenvalue weighted by atomic mass is 16.3. The maximum Gasteiger partial charge on any atom is 0.259 e. The first-order valence-electron chi connectivity index (χ1n) is 8.99. The van der Waals surface area contributed by atoms with Gasteiger partial charge >= 0.3 is 0 Å². The number of hydrogen-bond acceptors (Lipinski definition) is 3. The number of rotatable bonds is 6. The molecular weight excluding hydrogens is 340 g/mol. The number of aliphatic hydroxyl groups is 1. The van der Waals surface area contributed by atoms with Gasteiger partial charge in [-0.1, -0.05) is 48.5 Å². The van der Waals surface area contributed by atoms with Crippen LogP contribution in [0.5, 0.6) is 0 Å². The fourth-order valence-corrected chi connectivity index (χ4v) is 3.56. The van der Waals surface area contributed by atoms with E-state index >= 15 is 0 Å². The van der Waals surface area contributed by atoms with Crippen LogP contribution in [0.4, 0.5) is 0 Å². The predicted molar refractivity (Wildman–Crippen MR) is 103 cm³/mol. The molecule has 2 heterocycles. The van der Waals surface area contributed by atoms with E-state index in [2.05, 4.69) is 10.3 Å². The molecule has 5 nitrogen and oxygen atoms in total. The number of aliphatic hydroxyl groups excluding tert-OH is 1. The third-order valence-corrected chi connectivity index (χ3v) is 4.99. The number of carbonyl (C=O) groups excluding carboxylic acids is 2. The molecule has 1 atom stereocenters. The number of amides is 1. The summed E-state index contributed by atoms with van der Waals surface area (Å²) in [5.41, 5.74) is 2.77. The topological polar surface area (TPSA) is 82.2 Å². The summed E-state index contributed by atoms with van der Waals surface area (Å²) in [5.74, 6) is -0.992. The highest BCUT2D eigenvalue weighted by Crippen LogP contribution is 2.24. The van der Waals surface area contributed by atoms with Crippen LogP contribution in [0.1, 0.15) is 17.5 Å². The van der Waals surface area contributed by atoms with Crippen molar-refractivity contribution in [3.63, 3.8) is 0 Å². The number of benzene rings is 2. The van der Waals surface area contributed by atoms with E-state index in [4.69, 9.17) is 0 Å². The molecule has 0 bridgehead atoms. The van der Waals surface area contributed by atoms with Crippen molar-refractivity contribution in [2.24, 2.45) is 0 Å². The highest BCUT2D eigenvalue weighted by Gasteiger charge is 2.35. The van der Waals surface area contributed by atoms with Crippen LogP contribution < -0.4 is 5.32 Å². The smallest absolute Gasteiger partial charge is 0.259 e. The molecule has 27 heavy (non-hydrogen) atoms. The molecule has 1 aliphatic rings. The van der Waals surface area contributed by atoms with Gasteiger partial charge in [0.1, 0.15) is 11.3 Å². The molecule has 0 aliphatic carbocycles. The van der Waals surface area contributed by atoms with Gasteiger partial charge in [-0.05, 0) is 30.0 Å². The molecule has 1 amide bonds. The van der Waals surface area contributed by atoms with Crippen molar-refractivity contribution < 1.29 is 14.7 Å². The Morgan fingerprint density at radius 1 is 1.04 bits per heavy atom. The monoisotopic (exact) mass is 360 g/mol. The fourth-order valence-electron chi connectivity index (χ4n) is 3.56. The number of aryl methyl sites for hydroxylation is 1. The van der Waals surface area contributed by atoms with Gasteiger partial charge in [-0.25, -0.2) is 0 Å². The molecule has 1 unspecified atom stereocenters. The number of aromatic nitrogens is 1. The maximum atomic E-state index is 12.7. The first-order chi connectivity index (χ1) is 13.1. The van der Waals surface area contributed by atoms with Gasteiger partial charge in [0, 0.05) is 23.5 Å². The fraction of sp³-hybridized carbons (Fsp3) is 0.182. The van der Waals surface area contributed by atoms with Gasteiger partial charge in [0.05, 0.1) is 6.04 Å². The Labute approximate surface area is 156 Å². The normalized spacial score (nSPS) is 16.7. The molecule has 0 saturated carbocycles. The Bertz CT molecular complexity index is 1030. The number of nitrogens with one attached hydrogen (secondary N) is 2. The summed E-state index contributed by atoms with van der Waals surface area (Å²) >= 11 is 0. The van der Waals surface area contributed by atoms with Crippen LogP contribution in [0.2, 0.25) is 0 Å². The van der Waals surface area contributed by atoms with Crippen molar-refractivity contribution in [1.29, 1.82) is 0 Å².